The van der Waals surface area contributed by atoms with Crippen LogP contribution in [0, 0.1) is 0 Å². The molecule has 0 saturated heterocycles. The van der Waals surface area contributed by atoms with E-state index in [4.69, 9.17) is 4.18 Å². The third kappa shape index (κ3) is 7.55. The number of nitrogens with one attached hydrogen (secondary N) is 1. The van der Waals surface area contributed by atoms with Gasteiger partial charge < -0.3 is 4.18 Å². The zero-order valence-electron chi connectivity index (χ0n) is 14.5. The van der Waals surface area contributed by atoms with Gasteiger partial charge in [-0.15, -0.1) is 0 Å². The van der Waals surface area contributed by atoms with Crippen molar-refractivity contribution < 1.29 is 21.0 Å². The summed E-state index contributed by atoms with van der Waals surface area (Å²) in [6.07, 6.45) is 0.690. The molecule has 1 N–H and O–H groups in total. The zero-order chi connectivity index (χ0) is 19.0. The molecule has 0 bridgehead atoms. The molecule has 0 aliphatic heterocycles. The second-order valence-corrected chi connectivity index (χ2v) is 9.51. The summed E-state index contributed by atoms with van der Waals surface area (Å²) >= 11 is 0. The minimum atomic E-state index is -3.70. The van der Waals surface area contributed by atoms with E-state index in [-0.39, 0.29) is 23.3 Å². The van der Waals surface area contributed by atoms with E-state index in [0.717, 1.165) is 0 Å². The molecule has 0 amide bonds. The number of sulfonamides is 1. The standard InChI is InChI=1S/C18H23NO5S2/c1-16(19-25(20,21)15-17-10-4-2-5-11-17)9-8-14-26(22,23)24-18-12-6-3-7-13-18/h2-7,10-13,16,19H,8-9,14-15H2,1H3/t16-/m1/s1. The van der Waals surface area contributed by atoms with Crippen molar-refractivity contribution in [1.82, 2.24) is 4.72 Å². The maximum atomic E-state index is 12.2. The molecule has 8 heteroatoms. The van der Waals surface area contributed by atoms with Crippen molar-refractivity contribution in [3.8, 4) is 5.75 Å². The molecule has 0 fully saturated rings. The van der Waals surface area contributed by atoms with Crippen LogP contribution in [0.4, 0.5) is 0 Å². The van der Waals surface area contributed by atoms with Crippen molar-refractivity contribution in [2.24, 2.45) is 0 Å². The molecule has 0 aliphatic carbocycles. The SMILES string of the molecule is C[C@H](CCCS(=O)(=O)Oc1ccccc1)NS(=O)(=O)Cc1ccccc1. The Balaban J connectivity index is 1.78. The predicted octanol–water partition coefficient (Wildman–Crippen LogP) is 2.68. The Morgan fingerprint density at radius 1 is 0.923 bits per heavy atom. The number of hydrogen-bond donors (Lipinski definition) is 1. The highest BCUT2D eigenvalue weighted by Gasteiger charge is 2.17. The Morgan fingerprint density at radius 2 is 1.50 bits per heavy atom. The van der Waals surface area contributed by atoms with Crippen molar-refractivity contribution in [3.05, 3.63) is 66.2 Å². The average Bonchev–Trinajstić information content (AvgIpc) is 2.55. The first kappa shape index (κ1) is 20.4. The lowest BCUT2D eigenvalue weighted by Gasteiger charge is -2.14. The monoisotopic (exact) mass is 397 g/mol. The lowest BCUT2D eigenvalue weighted by Crippen LogP contribution is -2.33. The van der Waals surface area contributed by atoms with E-state index in [9.17, 15) is 16.8 Å². The van der Waals surface area contributed by atoms with Crippen LogP contribution in [0.25, 0.3) is 0 Å². The van der Waals surface area contributed by atoms with Crippen molar-refractivity contribution in [2.45, 2.75) is 31.6 Å². The second-order valence-electron chi connectivity index (χ2n) is 6.06. The fourth-order valence-electron chi connectivity index (χ4n) is 2.43. The van der Waals surface area contributed by atoms with Crippen LogP contribution in [-0.2, 0) is 25.9 Å². The molecule has 0 saturated carbocycles. The summed E-state index contributed by atoms with van der Waals surface area (Å²) in [5.74, 6) is -0.00984. The Hall–Kier alpha value is -1.90. The molecule has 0 spiro atoms. The van der Waals surface area contributed by atoms with Gasteiger partial charge in [0.05, 0.1) is 11.5 Å². The summed E-state index contributed by atoms with van der Waals surface area (Å²) in [4.78, 5) is 0. The normalized spacial score (nSPS) is 13.3. The topological polar surface area (TPSA) is 89.5 Å². The molecule has 142 valence electrons. The Bertz CT molecular complexity index is 882. The molecule has 0 unspecified atom stereocenters. The van der Waals surface area contributed by atoms with Gasteiger partial charge in [-0.3, -0.25) is 0 Å². The van der Waals surface area contributed by atoms with Gasteiger partial charge in [-0.05, 0) is 37.5 Å². The van der Waals surface area contributed by atoms with Crippen molar-refractivity contribution in [3.63, 3.8) is 0 Å². The van der Waals surface area contributed by atoms with Crippen LogP contribution in [0.15, 0.2) is 60.7 Å². The molecular formula is C18H23NO5S2. The first-order valence-electron chi connectivity index (χ1n) is 8.27. The van der Waals surface area contributed by atoms with Gasteiger partial charge in [-0.2, -0.15) is 8.42 Å². The molecule has 0 aliphatic rings. The van der Waals surface area contributed by atoms with Crippen molar-refractivity contribution >= 4 is 20.1 Å². The maximum Gasteiger partial charge on any atom is 0.309 e. The minimum Gasteiger partial charge on any atom is -0.382 e. The van der Waals surface area contributed by atoms with Gasteiger partial charge in [0, 0.05) is 6.04 Å². The molecule has 0 aromatic heterocycles. The minimum absolute atomic E-state index is 0.104. The highest BCUT2D eigenvalue weighted by atomic mass is 32.2. The summed E-state index contributed by atoms with van der Waals surface area (Å²) in [5.41, 5.74) is 0.700. The summed E-state index contributed by atoms with van der Waals surface area (Å²) in [5, 5.41) is 0. The van der Waals surface area contributed by atoms with Crippen molar-refractivity contribution in [1.29, 1.82) is 0 Å². The van der Waals surface area contributed by atoms with Gasteiger partial charge in [0.2, 0.25) is 10.0 Å². The highest BCUT2D eigenvalue weighted by Crippen LogP contribution is 2.13. The molecular weight excluding hydrogens is 374 g/mol. The number of rotatable bonds is 10. The number of para-hydroxylation sites is 1. The zero-order valence-corrected chi connectivity index (χ0v) is 16.2. The van der Waals surface area contributed by atoms with E-state index in [1.807, 2.05) is 6.07 Å². The van der Waals surface area contributed by atoms with E-state index in [1.54, 1.807) is 61.5 Å². The van der Waals surface area contributed by atoms with Crippen LogP contribution >= 0.6 is 0 Å². The quantitative estimate of drug-likeness (QED) is 0.623. The van der Waals surface area contributed by atoms with Crippen molar-refractivity contribution in [2.75, 3.05) is 5.75 Å². The van der Waals surface area contributed by atoms with Crippen LogP contribution in [0.1, 0.15) is 25.3 Å². The van der Waals surface area contributed by atoms with Crippen LogP contribution in [0.3, 0.4) is 0 Å². The maximum absolute atomic E-state index is 12.2. The van der Waals surface area contributed by atoms with Gasteiger partial charge in [0.1, 0.15) is 5.75 Å². The largest absolute Gasteiger partial charge is 0.382 e. The van der Waals surface area contributed by atoms with E-state index < -0.39 is 20.1 Å². The van der Waals surface area contributed by atoms with Gasteiger partial charge in [-0.25, -0.2) is 13.1 Å². The highest BCUT2D eigenvalue weighted by molar-refractivity contribution is 7.88. The van der Waals surface area contributed by atoms with E-state index >= 15 is 0 Å². The van der Waals surface area contributed by atoms with E-state index in [2.05, 4.69) is 4.72 Å². The van der Waals surface area contributed by atoms with Crippen LogP contribution in [0.2, 0.25) is 0 Å². The molecule has 2 aromatic rings. The molecule has 0 heterocycles. The smallest absolute Gasteiger partial charge is 0.309 e. The van der Waals surface area contributed by atoms with Gasteiger partial charge in [-0.1, -0.05) is 48.5 Å². The lowest BCUT2D eigenvalue weighted by molar-refractivity contribution is 0.480. The van der Waals surface area contributed by atoms with Gasteiger partial charge in [0.25, 0.3) is 0 Å². The third-order valence-corrected chi connectivity index (χ3v) is 6.29. The fraction of sp³-hybridized carbons (Fsp3) is 0.333. The van der Waals surface area contributed by atoms with Gasteiger partial charge >= 0.3 is 10.1 Å². The Labute approximate surface area is 155 Å². The first-order chi connectivity index (χ1) is 12.3. The summed E-state index contributed by atoms with van der Waals surface area (Å²) in [6, 6.07) is 16.8. The third-order valence-electron chi connectivity index (χ3n) is 3.58. The van der Waals surface area contributed by atoms with Crippen LogP contribution in [-0.4, -0.2) is 28.6 Å². The fourth-order valence-corrected chi connectivity index (χ4v) is 4.88. The molecule has 2 aromatic carbocycles. The predicted molar refractivity (Wildman–Crippen MR) is 102 cm³/mol. The number of benzene rings is 2. The second kappa shape index (κ2) is 9.16. The van der Waals surface area contributed by atoms with Crippen LogP contribution < -0.4 is 8.91 Å². The molecule has 1 atom stereocenters. The van der Waals surface area contributed by atoms with Gasteiger partial charge in [0.15, 0.2) is 0 Å². The van der Waals surface area contributed by atoms with E-state index in [1.165, 1.54) is 0 Å². The summed E-state index contributed by atoms with van der Waals surface area (Å²) in [6.45, 7) is 1.72. The lowest BCUT2D eigenvalue weighted by atomic mass is 10.2. The molecule has 0 radical (unpaired) electrons. The summed E-state index contributed by atoms with van der Waals surface area (Å²) < 4.78 is 55.8. The molecule has 6 nitrogen and oxygen atoms in total. The molecule has 2 rings (SSSR count). The van der Waals surface area contributed by atoms with Crippen LogP contribution in [0.5, 0.6) is 5.75 Å². The average molecular weight is 398 g/mol. The summed E-state index contributed by atoms with van der Waals surface area (Å²) in [7, 11) is -7.18. The molecule has 26 heavy (non-hydrogen) atoms. The Kier molecular flexibility index (Phi) is 7.19. The number of hydrogen-bond acceptors (Lipinski definition) is 5. The van der Waals surface area contributed by atoms with E-state index in [0.29, 0.717) is 18.4 Å². The Morgan fingerprint density at radius 3 is 2.12 bits per heavy atom. The first-order valence-corrected chi connectivity index (χ1v) is 11.5.